The van der Waals surface area contributed by atoms with Gasteiger partial charge in [0.1, 0.15) is 4.90 Å². The topological polar surface area (TPSA) is 60.9 Å². The Balaban J connectivity index is 1.41. The van der Waals surface area contributed by atoms with Crippen molar-refractivity contribution in [3.05, 3.63) is 40.4 Å². The second-order valence-corrected chi connectivity index (χ2v) is 9.59. The zero-order valence-corrected chi connectivity index (χ0v) is 16.3. The van der Waals surface area contributed by atoms with Crippen molar-refractivity contribution in [2.75, 3.05) is 32.8 Å². The van der Waals surface area contributed by atoms with Gasteiger partial charge in [0.05, 0.1) is 23.7 Å². The van der Waals surface area contributed by atoms with Crippen molar-refractivity contribution in [1.82, 2.24) is 14.1 Å². The number of hydrogen-bond donors (Lipinski definition) is 0. The van der Waals surface area contributed by atoms with Crippen LogP contribution in [0.15, 0.2) is 35.2 Å². The molecule has 3 aliphatic rings. The summed E-state index contributed by atoms with van der Waals surface area (Å²) in [7, 11) is -3.69. The number of piperazine rings is 1. The van der Waals surface area contributed by atoms with Gasteiger partial charge in [-0.2, -0.15) is 4.31 Å². The molecule has 1 amide bonds. The van der Waals surface area contributed by atoms with Crippen LogP contribution in [0.25, 0.3) is 0 Å². The summed E-state index contributed by atoms with van der Waals surface area (Å²) in [6, 6.07) is 4.64. The fraction of sp³-hybridized carbons (Fsp3) is 0.471. The number of sulfonamides is 1. The molecular formula is C17H19Cl2N3O3S. The molecule has 1 aliphatic carbocycles. The summed E-state index contributed by atoms with van der Waals surface area (Å²) in [5.74, 6) is 0.213. The molecule has 6 nitrogen and oxygen atoms in total. The highest BCUT2D eigenvalue weighted by Crippen LogP contribution is 2.33. The molecule has 26 heavy (non-hydrogen) atoms. The Morgan fingerprint density at radius 2 is 1.81 bits per heavy atom. The number of benzene rings is 1. The molecule has 4 rings (SSSR count). The van der Waals surface area contributed by atoms with Gasteiger partial charge < -0.3 is 4.90 Å². The van der Waals surface area contributed by atoms with Crippen LogP contribution in [0, 0.1) is 5.92 Å². The molecule has 0 aromatic heterocycles. The fourth-order valence-electron chi connectivity index (χ4n) is 3.79. The van der Waals surface area contributed by atoms with Crippen molar-refractivity contribution in [2.24, 2.45) is 5.92 Å². The van der Waals surface area contributed by atoms with Crippen LogP contribution in [-0.4, -0.2) is 67.3 Å². The largest absolute Gasteiger partial charge is 0.323 e. The normalized spacial score (nSPS) is 26.8. The number of amides is 1. The van der Waals surface area contributed by atoms with Crippen molar-refractivity contribution >= 4 is 39.1 Å². The third-order valence-corrected chi connectivity index (χ3v) is 7.87. The minimum atomic E-state index is -3.69. The monoisotopic (exact) mass is 415 g/mol. The van der Waals surface area contributed by atoms with Gasteiger partial charge in [-0.1, -0.05) is 35.4 Å². The number of fused-ring (bicyclic) bond motifs is 2. The van der Waals surface area contributed by atoms with Crippen LogP contribution in [0.4, 0.5) is 0 Å². The van der Waals surface area contributed by atoms with E-state index in [1.807, 2.05) is 11.0 Å². The summed E-state index contributed by atoms with van der Waals surface area (Å²) in [5.41, 5.74) is 0. The average Bonchev–Trinajstić information content (AvgIpc) is 3.20. The molecule has 2 atom stereocenters. The number of halogens is 2. The molecule has 2 heterocycles. The van der Waals surface area contributed by atoms with Crippen LogP contribution in [0.2, 0.25) is 10.0 Å². The first-order valence-electron chi connectivity index (χ1n) is 8.52. The maximum absolute atomic E-state index is 12.9. The first-order chi connectivity index (χ1) is 12.4. The van der Waals surface area contributed by atoms with Gasteiger partial charge >= 0.3 is 0 Å². The van der Waals surface area contributed by atoms with E-state index in [4.69, 9.17) is 23.2 Å². The summed E-state index contributed by atoms with van der Waals surface area (Å²) in [6.07, 6.45) is 4.96. The van der Waals surface area contributed by atoms with Gasteiger partial charge in [-0.15, -0.1) is 0 Å². The summed E-state index contributed by atoms with van der Waals surface area (Å²) in [4.78, 5) is 16.3. The number of carbonyl (C=O) groups excluding carboxylic acids is 1. The van der Waals surface area contributed by atoms with E-state index < -0.39 is 10.0 Å². The van der Waals surface area contributed by atoms with Crippen LogP contribution in [0.5, 0.6) is 0 Å². The lowest BCUT2D eigenvalue weighted by Crippen LogP contribution is -2.53. The molecule has 2 saturated heterocycles. The van der Waals surface area contributed by atoms with Crippen LogP contribution >= 0.6 is 23.2 Å². The quantitative estimate of drug-likeness (QED) is 0.705. The highest BCUT2D eigenvalue weighted by Gasteiger charge is 2.41. The van der Waals surface area contributed by atoms with Gasteiger partial charge in [0, 0.05) is 31.2 Å². The minimum absolute atomic E-state index is 0.0339. The fourth-order valence-corrected chi connectivity index (χ4v) is 5.95. The standard InChI is InChI=1S/C17H19Cl2N3O3S/c18-13-2-4-15(19)16(10-13)26(24,25)21-7-5-20(6-8-21)11-22-14-3-1-12(9-14)17(22)23/h1-4,10,12,14H,5-9,11H2. The van der Waals surface area contributed by atoms with Crippen LogP contribution in [0.3, 0.4) is 0 Å². The van der Waals surface area contributed by atoms with E-state index in [1.165, 1.54) is 16.4 Å². The molecule has 2 aliphatic heterocycles. The molecule has 0 radical (unpaired) electrons. The molecule has 140 valence electrons. The zero-order valence-electron chi connectivity index (χ0n) is 14.0. The van der Waals surface area contributed by atoms with Gasteiger partial charge in [0.25, 0.3) is 0 Å². The summed E-state index contributed by atoms with van der Waals surface area (Å²) >= 11 is 12.0. The van der Waals surface area contributed by atoms with E-state index in [-0.39, 0.29) is 27.8 Å². The number of likely N-dealkylation sites (tertiary alicyclic amines) is 1. The Hall–Kier alpha value is -1.12. The molecule has 2 fully saturated rings. The summed E-state index contributed by atoms with van der Waals surface area (Å²) < 4.78 is 27.1. The highest BCUT2D eigenvalue weighted by atomic mass is 35.5. The van der Waals surface area contributed by atoms with E-state index in [0.29, 0.717) is 37.9 Å². The Kier molecular flexibility index (Phi) is 4.77. The maximum atomic E-state index is 12.9. The lowest BCUT2D eigenvalue weighted by molar-refractivity contribution is -0.133. The molecule has 0 N–H and O–H groups in total. The summed E-state index contributed by atoms with van der Waals surface area (Å²) in [6.45, 7) is 2.41. The highest BCUT2D eigenvalue weighted by molar-refractivity contribution is 7.89. The van der Waals surface area contributed by atoms with Crippen molar-refractivity contribution in [1.29, 1.82) is 0 Å². The van der Waals surface area contributed by atoms with E-state index in [1.54, 1.807) is 6.07 Å². The second kappa shape index (κ2) is 6.80. The molecule has 0 spiro atoms. The minimum Gasteiger partial charge on any atom is -0.323 e. The Bertz CT molecular complexity index is 866. The van der Waals surface area contributed by atoms with Crippen LogP contribution < -0.4 is 0 Å². The first-order valence-corrected chi connectivity index (χ1v) is 10.7. The lowest BCUT2D eigenvalue weighted by atomic mass is 10.1. The van der Waals surface area contributed by atoms with Crippen molar-refractivity contribution < 1.29 is 13.2 Å². The summed E-state index contributed by atoms with van der Waals surface area (Å²) in [5, 5.41) is 0.504. The molecule has 1 aromatic rings. The Morgan fingerprint density at radius 1 is 1.08 bits per heavy atom. The molecule has 9 heteroatoms. The molecule has 2 bridgehead atoms. The van der Waals surface area contributed by atoms with Crippen LogP contribution in [-0.2, 0) is 14.8 Å². The third-order valence-electron chi connectivity index (χ3n) is 5.26. The smallest absolute Gasteiger partial charge is 0.244 e. The Labute approximate surface area is 163 Å². The van der Waals surface area contributed by atoms with Crippen molar-refractivity contribution in [3.63, 3.8) is 0 Å². The van der Waals surface area contributed by atoms with Gasteiger partial charge in [0.15, 0.2) is 0 Å². The predicted octanol–water partition coefficient (Wildman–Crippen LogP) is 2.04. The SMILES string of the molecule is O=C1C2C=CC(C2)N1CN1CCN(S(=O)(=O)c2cc(Cl)ccc2Cl)CC1. The van der Waals surface area contributed by atoms with Gasteiger partial charge in [0.2, 0.25) is 15.9 Å². The van der Waals surface area contributed by atoms with Gasteiger partial charge in [-0.05, 0) is 24.6 Å². The second-order valence-electron chi connectivity index (χ2n) is 6.84. The first kappa shape index (κ1) is 18.3. The van der Waals surface area contributed by atoms with Crippen molar-refractivity contribution in [2.45, 2.75) is 17.4 Å². The van der Waals surface area contributed by atoms with E-state index in [0.717, 1.165) is 6.42 Å². The van der Waals surface area contributed by atoms with Crippen LogP contribution in [0.1, 0.15) is 6.42 Å². The molecule has 0 saturated carbocycles. The number of carbonyl (C=O) groups is 1. The molecule has 2 unspecified atom stereocenters. The molecular weight excluding hydrogens is 397 g/mol. The van der Waals surface area contributed by atoms with E-state index >= 15 is 0 Å². The van der Waals surface area contributed by atoms with E-state index in [2.05, 4.69) is 11.0 Å². The lowest BCUT2D eigenvalue weighted by Gasteiger charge is -2.37. The van der Waals surface area contributed by atoms with Crippen molar-refractivity contribution in [3.8, 4) is 0 Å². The zero-order chi connectivity index (χ0) is 18.5. The predicted molar refractivity (Wildman–Crippen MR) is 99.5 cm³/mol. The number of nitrogens with zero attached hydrogens (tertiary/aromatic N) is 3. The third kappa shape index (κ3) is 3.16. The number of rotatable bonds is 4. The van der Waals surface area contributed by atoms with E-state index in [9.17, 15) is 13.2 Å². The Morgan fingerprint density at radius 3 is 2.46 bits per heavy atom. The number of hydrogen-bond acceptors (Lipinski definition) is 4. The maximum Gasteiger partial charge on any atom is 0.244 e. The van der Waals surface area contributed by atoms with Gasteiger partial charge in [-0.25, -0.2) is 8.42 Å². The van der Waals surface area contributed by atoms with Gasteiger partial charge in [-0.3, -0.25) is 9.69 Å². The average molecular weight is 416 g/mol. The molecule has 1 aromatic carbocycles.